The van der Waals surface area contributed by atoms with Crippen LogP contribution in [0.4, 0.5) is 5.69 Å². The molecular formula is C15H14ClN3O5S2. The molecule has 0 atom stereocenters. The Kier molecular flexibility index (Phi) is 5.04. The van der Waals surface area contributed by atoms with Crippen LogP contribution in [-0.4, -0.2) is 29.3 Å². The Labute approximate surface area is 155 Å². The molecule has 1 aliphatic heterocycles. The zero-order valence-electron chi connectivity index (χ0n) is 13.2. The van der Waals surface area contributed by atoms with Crippen LogP contribution in [0.1, 0.15) is 5.56 Å². The van der Waals surface area contributed by atoms with Crippen molar-refractivity contribution in [1.82, 2.24) is 0 Å². The molecule has 2 aromatic rings. The molecule has 0 aromatic heterocycles. The number of nitrogens with two attached hydrogens (primary N) is 1. The normalized spacial score (nSPS) is 15.7. The lowest BCUT2D eigenvalue weighted by Crippen LogP contribution is -2.26. The van der Waals surface area contributed by atoms with Crippen LogP contribution in [0.3, 0.4) is 0 Å². The molecule has 0 unspecified atom stereocenters. The molecular weight excluding hydrogens is 402 g/mol. The van der Waals surface area contributed by atoms with Crippen molar-refractivity contribution in [2.24, 2.45) is 9.54 Å². The summed E-state index contributed by atoms with van der Waals surface area (Å²) in [6.07, 6.45) is 0. The van der Waals surface area contributed by atoms with Gasteiger partial charge < -0.3 is 10.1 Å². The molecule has 11 heteroatoms. The molecule has 8 nitrogen and oxygen atoms in total. The molecule has 0 saturated heterocycles. The molecule has 0 aliphatic carbocycles. The molecule has 138 valence electrons. The Bertz CT molecular complexity index is 1080. The largest absolute Gasteiger partial charge is 0.369 e. The van der Waals surface area contributed by atoms with Crippen LogP contribution >= 0.6 is 11.6 Å². The summed E-state index contributed by atoms with van der Waals surface area (Å²) in [5, 5.41) is 7.63. The van der Waals surface area contributed by atoms with Crippen LogP contribution in [0.15, 0.2) is 56.7 Å². The molecule has 0 radical (unpaired) electrons. The molecule has 0 spiro atoms. The third kappa shape index (κ3) is 4.05. The number of nitrogens with zero attached hydrogens (tertiary/aromatic N) is 1. The number of rotatable bonds is 5. The topological polar surface area (TPSA) is 128 Å². The number of anilines is 1. The number of nitrogens with one attached hydrogen (secondary N) is 1. The average Bonchev–Trinajstić information content (AvgIpc) is 2.53. The van der Waals surface area contributed by atoms with Crippen LogP contribution < -0.4 is 10.5 Å². The van der Waals surface area contributed by atoms with Gasteiger partial charge in [0.2, 0.25) is 10.0 Å². The highest BCUT2D eigenvalue weighted by atomic mass is 35.5. The average molecular weight is 416 g/mol. The number of halogens is 1. The van der Waals surface area contributed by atoms with Gasteiger partial charge in [-0.15, -0.1) is 4.40 Å². The monoisotopic (exact) mass is 415 g/mol. The van der Waals surface area contributed by atoms with Crippen LogP contribution in [0, 0.1) is 0 Å². The first kappa shape index (κ1) is 18.8. The molecule has 1 aliphatic rings. The Morgan fingerprint density at radius 1 is 1.15 bits per heavy atom. The summed E-state index contributed by atoms with van der Waals surface area (Å²) in [5.41, 5.74) is 1.03. The summed E-state index contributed by atoms with van der Waals surface area (Å²) in [4.78, 5) is -0.806. The maximum absolute atomic E-state index is 12.3. The van der Waals surface area contributed by atoms with Crippen molar-refractivity contribution in [3.05, 3.63) is 53.1 Å². The minimum atomic E-state index is -4.17. The zero-order chi connectivity index (χ0) is 18.9. The first-order valence-corrected chi connectivity index (χ1v) is 10.6. The van der Waals surface area contributed by atoms with Crippen molar-refractivity contribution in [3.8, 4) is 0 Å². The Morgan fingerprint density at radius 2 is 1.85 bits per heavy atom. The van der Waals surface area contributed by atoms with Gasteiger partial charge >= 0.3 is 0 Å². The first-order valence-electron chi connectivity index (χ1n) is 7.26. The van der Waals surface area contributed by atoms with Crippen LogP contribution in [0.25, 0.3) is 0 Å². The van der Waals surface area contributed by atoms with Gasteiger partial charge in [-0.25, -0.2) is 13.6 Å². The predicted molar refractivity (Wildman–Crippen MR) is 97.2 cm³/mol. The maximum Gasteiger partial charge on any atom is 0.286 e. The Hall–Kier alpha value is -1.98. The fourth-order valence-corrected chi connectivity index (χ4v) is 4.65. The Balaban J connectivity index is 1.83. The van der Waals surface area contributed by atoms with Gasteiger partial charge in [0.1, 0.15) is 22.2 Å². The number of hydrogen-bond donors (Lipinski definition) is 2. The smallest absolute Gasteiger partial charge is 0.286 e. The second kappa shape index (κ2) is 6.97. The van der Waals surface area contributed by atoms with Crippen LogP contribution in [0.5, 0.6) is 0 Å². The lowest BCUT2D eigenvalue weighted by atomic mass is 10.2. The van der Waals surface area contributed by atoms with Gasteiger partial charge in [0.25, 0.3) is 10.0 Å². The number of amidine groups is 1. The van der Waals surface area contributed by atoms with E-state index in [1.165, 1.54) is 6.07 Å². The summed E-state index contributed by atoms with van der Waals surface area (Å²) >= 11 is 5.91. The van der Waals surface area contributed by atoms with Gasteiger partial charge in [-0.05, 0) is 17.7 Å². The van der Waals surface area contributed by atoms with E-state index in [0.29, 0.717) is 0 Å². The van der Waals surface area contributed by atoms with E-state index >= 15 is 0 Å². The molecule has 0 bridgehead atoms. The highest BCUT2D eigenvalue weighted by Crippen LogP contribution is 2.34. The zero-order valence-corrected chi connectivity index (χ0v) is 15.6. The number of fused-ring (bicyclic) bond motifs is 1. The number of benzene rings is 2. The summed E-state index contributed by atoms with van der Waals surface area (Å²) in [5.74, 6) is 0.0628. The summed E-state index contributed by atoms with van der Waals surface area (Å²) in [6, 6.07) is 11.4. The third-order valence-electron chi connectivity index (χ3n) is 3.48. The van der Waals surface area contributed by atoms with E-state index in [2.05, 4.69) is 9.71 Å². The molecule has 0 saturated carbocycles. The standard InChI is InChI=1S/C15H14ClN3O5S2/c16-11-6-12-14(7-13(11)25(17,20)21)26(22,23)19-15(18-12)9-24-8-10-4-2-1-3-5-10/h1-7H,8-9H2,(H,18,19)(H2,17,20,21). The summed E-state index contributed by atoms with van der Waals surface area (Å²) < 4.78 is 56.8. The van der Waals surface area contributed by atoms with Gasteiger partial charge in [-0.3, -0.25) is 0 Å². The predicted octanol–water partition coefficient (Wildman–Crippen LogP) is 1.72. The fraction of sp³-hybridized carbons (Fsp3) is 0.133. The van der Waals surface area contributed by atoms with Crippen molar-refractivity contribution < 1.29 is 21.6 Å². The molecule has 0 fully saturated rings. The third-order valence-corrected chi connectivity index (χ3v) is 6.21. The van der Waals surface area contributed by atoms with E-state index in [1.54, 1.807) is 0 Å². The van der Waals surface area contributed by atoms with Gasteiger partial charge in [-0.1, -0.05) is 41.9 Å². The summed E-state index contributed by atoms with van der Waals surface area (Å²) in [6.45, 7) is 0.196. The van der Waals surface area contributed by atoms with Crippen molar-refractivity contribution in [3.63, 3.8) is 0 Å². The minimum Gasteiger partial charge on any atom is -0.369 e. The van der Waals surface area contributed by atoms with Gasteiger partial charge in [0.15, 0.2) is 0 Å². The molecule has 2 aromatic carbocycles. The van der Waals surface area contributed by atoms with E-state index in [-0.39, 0.29) is 34.7 Å². The number of primary sulfonamides is 1. The lowest BCUT2D eigenvalue weighted by Gasteiger charge is -2.19. The quantitative estimate of drug-likeness (QED) is 0.765. The van der Waals surface area contributed by atoms with Crippen molar-refractivity contribution in [2.75, 3.05) is 11.9 Å². The van der Waals surface area contributed by atoms with Gasteiger partial charge in [-0.2, -0.15) is 8.42 Å². The number of hydrogen-bond acceptors (Lipinski definition) is 6. The number of ether oxygens (including phenoxy) is 1. The van der Waals surface area contributed by atoms with E-state index < -0.39 is 24.9 Å². The van der Waals surface area contributed by atoms with Gasteiger partial charge in [0.05, 0.1) is 17.3 Å². The molecule has 0 amide bonds. The van der Waals surface area contributed by atoms with Crippen molar-refractivity contribution >= 4 is 43.2 Å². The van der Waals surface area contributed by atoms with E-state index in [1.807, 2.05) is 30.3 Å². The van der Waals surface area contributed by atoms with E-state index in [9.17, 15) is 16.8 Å². The summed E-state index contributed by atoms with van der Waals surface area (Å²) in [7, 11) is -8.29. The van der Waals surface area contributed by atoms with Crippen molar-refractivity contribution in [1.29, 1.82) is 0 Å². The molecule has 26 heavy (non-hydrogen) atoms. The highest BCUT2D eigenvalue weighted by Gasteiger charge is 2.28. The lowest BCUT2D eigenvalue weighted by molar-refractivity contribution is 0.158. The van der Waals surface area contributed by atoms with Gasteiger partial charge in [0, 0.05) is 0 Å². The Morgan fingerprint density at radius 3 is 2.50 bits per heavy atom. The van der Waals surface area contributed by atoms with E-state index in [0.717, 1.165) is 11.6 Å². The first-order chi connectivity index (χ1) is 12.2. The van der Waals surface area contributed by atoms with Crippen molar-refractivity contribution in [2.45, 2.75) is 16.4 Å². The fourth-order valence-electron chi connectivity index (χ4n) is 2.34. The molecule has 3 N–H and O–H groups in total. The second-order valence-electron chi connectivity index (χ2n) is 5.44. The molecule has 1 heterocycles. The number of sulfonamides is 2. The minimum absolute atomic E-state index is 0.0628. The maximum atomic E-state index is 12.3. The second-order valence-corrected chi connectivity index (χ2v) is 8.95. The SMILES string of the molecule is NS(=O)(=O)c1cc2c(cc1Cl)NC(COCc1ccccc1)=NS2(=O)=O. The van der Waals surface area contributed by atoms with Crippen LogP contribution in [-0.2, 0) is 31.4 Å². The van der Waals surface area contributed by atoms with E-state index in [4.69, 9.17) is 21.5 Å². The molecule has 3 rings (SSSR count). The highest BCUT2D eigenvalue weighted by molar-refractivity contribution is 7.91. The van der Waals surface area contributed by atoms with Crippen LogP contribution in [0.2, 0.25) is 5.02 Å².